The topological polar surface area (TPSA) is 77.3 Å². The van der Waals surface area contributed by atoms with Gasteiger partial charge in [-0.15, -0.1) is 10.2 Å². The van der Waals surface area contributed by atoms with Gasteiger partial charge in [0.15, 0.2) is 0 Å². The lowest BCUT2D eigenvalue weighted by Gasteiger charge is -2.24. The molecule has 1 atom stereocenters. The molecule has 2 aromatic carbocycles. The van der Waals surface area contributed by atoms with Crippen molar-refractivity contribution in [3.8, 4) is 0 Å². The van der Waals surface area contributed by atoms with Crippen LogP contribution in [-0.2, 0) is 10.5 Å². The van der Waals surface area contributed by atoms with Crippen LogP contribution in [0.5, 0.6) is 0 Å². The van der Waals surface area contributed by atoms with Crippen molar-refractivity contribution < 1.29 is 9.31 Å². The first kappa shape index (κ1) is 18.4. The maximum atomic E-state index is 6.18. The molecule has 2 aromatic rings. The lowest BCUT2D eigenvalue weighted by atomic mass is 10.0. The molecular weight excluding hydrogens is 342 g/mol. The van der Waals surface area contributed by atoms with Gasteiger partial charge in [-0.3, -0.25) is 0 Å². The molecule has 0 aromatic heterocycles. The van der Waals surface area contributed by atoms with Crippen LogP contribution in [0.4, 0.5) is 11.4 Å². The molecule has 1 heterocycles. The highest BCUT2D eigenvalue weighted by atomic mass is 16.5. The highest BCUT2D eigenvalue weighted by molar-refractivity contribution is 5.78. The predicted molar refractivity (Wildman–Crippen MR) is 104 cm³/mol. The minimum absolute atomic E-state index is 0.634. The van der Waals surface area contributed by atoms with Crippen LogP contribution in [-0.4, -0.2) is 49.9 Å². The zero-order valence-electron chi connectivity index (χ0n) is 15.8. The third-order valence-corrected chi connectivity index (χ3v) is 3.81. The smallest absolute Gasteiger partial charge is 0.391 e. The molecule has 0 fully saturated rings. The number of benzene rings is 2. The molecule has 1 aliphatic rings. The second kappa shape index (κ2) is 7.86. The van der Waals surface area contributed by atoms with E-state index in [1.807, 2.05) is 92.3 Å². The summed E-state index contributed by atoms with van der Waals surface area (Å²) in [7, 11) is 7.61. The molecule has 1 unspecified atom stereocenters. The van der Waals surface area contributed by atoms with Crippen molar-refractivity contribution in [1.29, 1.82) is 0 Å². The largest absolute Gasteiger partial charge is 0.448 e. The second-order valence-corrected chi connectivity index (χ2v) is 6.39. The van der Waals surface area contributed by atoms with Crippen molar-refractivity contribution in [2.24, 2.45) is 25.7 Å². The Labute approximate surface area is 158 Å². The molecule has 138 valence electrons. The van der Waals surface area contributed by atoms with Crippen molar-refractivity contribution in [3.05, 3.63) is 60.2 Å². The van der Waals surface area contributed by atoms with E-state index in [1.165, 1.54) is 0 Å². The van der Waals surface area contributed by atoms with Crippen LogP contribution in [0.3, 0.4) is 0 Å². The van der Waals surface area contributed by atoms with Gasteiger partial charge in [-0.05, 0) is 29.5 Å². The molecule has 0 N–H and O–H groups in total. The Hall–Kier alpha value is -3.42. The van der Waals surface area contributed by atoms with E-state index in [0.29, 0.717) is 6.02 Å². The van der Waals surface area contributed by atoms with Crippen LogP contribution in [0.2, 0.25) is 0 Å². The van der Waals surface area contributed by atoms with Gasteiger partial charge < -0.3 is 4.74 Å². The van der Waals surface area contributed by atoms with Crippen LogP contribution in [0, 0.1) is 0 Å². The van der Waals surface area contributed by atoms with E-state index >= 15 is 0 Å². The molecule has 3 rings (SSSR count). The zero-order chi connectivity index (χ0) is 19.3. The number of nitrogens with zero attached hydrogens (tertiary/aromatic N) is 7. The molecule has 0 saturated carbocycles. The lowest BCUT2D eigenvalue weighted by molar-refractivity contribution is -0.482. The van der Waals surface area contributed by atoms with Crippen LogP contribution in [0.1, 0.15) is 5.56 Å². The van der Waals surface area contributed by atoms with Crippen molar-refractivity contribution >= 4 is 23.6 Å². The normalized spacial score (nSPS) is 18.1. The molecule has 8 nitrogen and oxygen atoms in total. The molecule has 1 aliphatic heterocycles. The summed E-state index contributed by atoms with van der Waals surface area (Å²) in [6, 6.07) is 17.7. The van der Waals surface area contributed by atoms with E-state index in [9.17, 15) is 0 Å². The fourth-order valence-corrected chi connectivity index (χ4v) is 2.56. The van der Waals surface area contributed by atoms with Crippen LogP contribution in [0.25, 0.3) is 0 Å². The van der Waals surface area contributed by atoms with E-state index in [1.54, 1.807) is 6.21 Å². The van der Waals surface area contributed by atoms with Gasteiger partial charge in [0.1, 0.15) is 6.21 Å². The maximum absolute atomic E-state index is 6.18. The molecule has 0 spiro atoms. The summed E-state index contributed by atoms with van der Waals surface area (Å²) in [6.07, 6.45) is 1.58. The Kier molecular flexibility index (Phi) is 5.35. The van der Waals surface area contributed by atoms with E-state index in [0.717, 1.165) is 16.9 Å². The van der Waals surface area contributed by atoms with Crippen molar-refractivity contribution in [1.82, 2.24) is 4.90 Å². The van der Waals surface area contributed by atoms with Crippen LogP contribution in [0.15, 0.2) is 80.3 Å². The number of hydrogen-bond donors (Lipinski definition) is 0. The molecule has 0 amide bonds. The lowest BCUT2D eigenvalue weighted by Crippen LogP contribution is -2.40. The molecule has 0 radical (unpaired) electrons. The van der Waals surface area contributed by atoms with Gasteiger partial charge in [-0.25, -0.2) is 9.48 Å². The summed E-state index contributed by atoms with van der Waals surface area (Å²) < 4.78 is 8.05. The van der Waals surface area contributed by atoms with Crippen molar-refractivity contribution in [2.45, 2.75) is 5.72 Å². The highest BCUT2D eigenvalue weighted by Crippen LogP contribution is 2.31. The van der Waals surface area contributed by atoms with Crippen LogP contribution < -0.4 is 0 Å². The first-order chi connectivity index (χ1) is 13.0. The Morgan fingerprint density at radius 3 is 2.11 bits per heavy atom. The first-order valence-corrected chi connectivity index (χ1v) is 8.44. The van der Waals surface area contributed by atoms with Gasteiger partial charge in [0, 0.05) is 5.56 Å². The summed E-state index contributed by atoms with van der Waals surface area (Å²) in [6.45, 7) is 0. The number of rotatable bonds is 4. The second-order valence-electron chi connectivity index (χ2n) is 6.39. The highest BCUT2D eigenvalue weighted by Gasteiger charge is 2.40. The average Bonchev–Trinajstić information content (AvgIpc) is 3.15. The third-order valence-electron chi connectivity index (χ3n) is 3.81. The van der Waals surface area contributed by atoms with E-state index in [2.05, 4.69) is 25.7 Å². The molecular formula is C19H22N7O+. The summed E-state index contributed by atoms with van der Waals surface area (Å²) in [5.41, 5.74) is 1.23. The van der Waals surface area contributed by atoms with E-state index in [4.69, 9.17) is 4.74 Å². The molecule has 27 heavy (non-hydrogen) atoms. The van der Waals surface area contributed by atoms with Gasteiger partial charge in [0.2, 0.25) is 0 Å². The van der Waals surface area contributed by atoms with Gasteiger partial charge in [-0.1, -0.05) is 30.3 Å². The molecule has 0 aliphatic carbocycles. The van der Waals surface area contributed by atoms with Gasteiger partial charge in [-0.2, -0.15) is 10.2 Å². The molecule has 8 heteroatoms. The monoisotopic (exact) mass is 364 g/mol. The minimum atomic E-state index is -1.10. The Bertz CT molecular complexity index is 883. The third kappa shape index (κ3) is 4.22. The summed E-state index contributed by atoms with van der Waals surface area (Å²) >= 11 is 0. The molecule has 0 saturated heterocycles. The van der Waals surface area contributed by atoms with E-state index in [-0.39, 0.29) is 0 Å². The Balaban J connectivity index is 1.85. The number of ether oxygens (including phenoxy) is 1. The first-order valence-electron chi connectivity index (χ1n) is 8.44. The van der Waals surface area contributed by atoms with Crippen molar-refractivity contribution in [2.75, 3.05) is 28.2 Å². The summed E-state index contributed by atoms with van der Waals surface area (Å²) in [5.74, 6) is 0. The number of hydrogen-bond acceptors (Lipinski definition) is 6. The minimum Gasteiger partial charge on any atom is -0.391 e. The standard InChI is InChI=1S/C19H22N7O/c1-25(2)18(26(3)4)27-19(14-20-24-23-19)15-10-12-17(13-11-15)22-21-16-8-6-5-7-9-16/h5-14H,1-4H3/q+1. The zero-order valence-corrected chi connectivity index (χ0v) is 15.8. The van der Waals surface area contributed by atoms with E-state index < -0.39 is 5.72 Å². The SMILES string of the molecule is CN(C)C(OC1(c2ccc(N=Nc3ccccc3)cc2)C=NN=N1)=[N+](C)C. The number of amidine groups is 1. The van der Waals surface area contributed by atoms with Gasteiger partial charge >= 0.3 is 6.02 Å². The Morgan fingerprint density at radius 2 is 1.59 bits per heavy atom. The summed E-state index contributed by atoms with van der Waals surface area (Å²) in [5, 5.41) is 20.4. The van der Waals surface area contributed by atoms with Crippen LogP contribution >= 0.6 is 0 Å². The number of azo groups is 1. The quantitative estimate of drug-likeness (QED) is 0.357. The molecule has 0 bridgehead atoms. The van der Waals surface area contributed by atoms with Gasteiger partial charge in [0.05, 0.1) is 39.6 Å². The van der Waals surface area contributed by atoms with Crippen molar-refractivity contribution in [3.63, 3.8) is 0 Å². The van der Waals surface area contributed by atoms with Gasteiger partial charge in [0.25, 0.3) is 5.72 Å². The fraction of sp³-hybridized carbons (Fsp3) is 0.263. The Morgan fingerprint density at radius 1 is 0.963 bits per heavy atom. The maximum Gasteiger partial charge on any atom is 0.448 e. The predicted octanol–water partition coefficient (Wildman–Crippen LogP) is 3.91. The fourth-order valence-electron chi connectivity index (χ4n) is 2.56. The summed E-state index contributed by atoms with van der Waals surface area (Å²) in [4.78, 5) is 1.87. The average molecular weight is 364 g/mol.